The monoisotopic (exact) mass is 567 g/mol. The molecular formula is C26H25N5O6S2. The van der Waals surface area contributed by atoms with Gasteiger partial charge in [-0.15, -0.1) is 0 Å². The van der Waals surface area contributed by atoms with Crippen molar-refractivity contribution in [3.63, 3.8) is 0 Å². The SMILES string of the molecule is COc1cc(/C=N/NC(=O)CSc2nc3ccccc3c(=O)n2CCc2ccc(S(N)(=O)=O)cc2)ccc1O. The highest BCUT2D eigenvalue weighted by atomic mass is 32.2. The van der Waals surface area contributed by atoms with Crippen molar-refractivity contribution in [1.29, 1.82) is 0 Å². The van der Waals surface area contributed by atoms with Crippen molar-refractivity contribution in [2.45, 2.75) is 23.0 Å². The van der Waals surface area contributed by atoms with E-state index in [0.717, 1.165) is 17.3 Å². The molecule has 1 amide bonds. The smallest absolute Gasteiger partial charge is 0.262 e. The fraction of sp³-hybridized carbons (Fsp3) is 0.154. The molecule has 13 heteroatoms. The van der Waals surface area contributed by atoms with Crippen molar-refractivity contribution in [1.82, 2.24) is 15.0 Å². The molecule has 3 aromatic carbocycles. The summed E-state index contributed by atoms with van der Waals surface area (Å²) in [5, 5.41) is 19.6. The first-order valence-corrected chi connectivity index (χ1v) is 14.1. The number of phenols is 1. The second kappa shape index (κ2) is 12.1. The minimum Gasteiger partial charge on any atom is -0.504 e. The van der Waals surface area contributed by atoms with E-state index < -0.39 is 15.9 Å². The molecule has 0 radical (unpaired) electrons. The largest absolute Gasteiger partial charge is 0.504 e. The first kappa shape index (κ1) is 27.8. The zero-order valence-corrected chi connectivity index (χ0v) is 22.4. The number of primary sulfonamides is 1. The summed E-state index contributed by atoms with van der Waals surface area (Å²) < 4.78 is 29.6. The zero-order valence-electron chi connectivity index (χ0n) is 20.8. The highest BCUT2D eigenvalue weighted by Crippen LogP contribution is 2.25. The van der Waals surface area contributed by atoms with Gasteiger partial charge in [-0.25, -0.2) is 24.0 Å². The van der Waals surface area contributed by atoms with E-state index in [9.17, 15) is 23.1 Å². The molecule has 4 aromatic rings. The van der Waals surface area contributed by atoms with Crippen molar-refractivity contribution < 1.29 is 23.1 Å². The lowest BCUT2D eigenvalue weighted by Gasteiger charge is -2.13. The van der Waals surface area contributed by atoms with Crippen molar-refractivity contribution in [3.8, 4) is 11.5 Å². The number of amides is 1. The van der Waals surface area contributed by atoms with Crippen molar-refractivity contribution in [3.05, 3.63) is 88.2 Å². The van der Waals surface area contributed by atoms with Gasteiger partial charge in [0.15, 0.2) is 16.7 Å². The number of hydrazone groups is 1. The Morgan fingerprint density at radius 1 is 1.18 bits per heavy atom. The summed E-state index contributed by atoms with van der Waals surface area (Å²) in [6.07, 6.45) is 1.83. The molecule has 0 fully saturated rings. The molecule has 39 heavy (non-hydrogen) atoms. The Labute approximate surface area is 228 Å². The van der Waals surface area contributed by atoms with E-state index in [2.05, 4.69) is 15.5 Å². The van der Waals surface area contributed by atoms with Crippen LogP contribution in [0, 0.1) is 0 Å². The van der Waals surface area contributed by atoms with Crippen LogP contribution in [0.4, 0.5) is 0 Å². The number of methoxy groups -OCH3 is 1. The van der Waals surface area contributed by atoms with Gasteiger partial charge in [-0.1, -0.05) is 36.0 Å². The maximum Gasteiger partial charge on any atom is 0.262 e. The Balaban J connectivity index is 1.48. The fourth-order valence-electron chi connectivity index (χ4n) is 3.66. The summed E-state index contributed by atoms with van der Waals surface area (Å²) in [6.45, 7) is 0.260. The van der Waals surface area contributed by atoms with E-state index in [1.807, 2.05) is 0 Å². The Morgan fingerprint density at radius 2 is 1.92 bits per heavy atom. The lowest BCUT2D eigenvalue weighted by Crippen LogP contribution is -2.26. The Bertz CT molecular complexity index is 1700. The molecule has 0 saturated heterocycles. The van der Waals surface area contributed by atoms with E-state index in [0.29, 0.717) is 28.0 Å². The van der Waals surface area contributed by atoms with Gasteiger partial charge in [0.05, 0.1) is 34.9 Å². The molecule has 0 aliphatic heterocycles. The third-order valence-corrected chi connectivity index (χ3v) is 7.55. The number of nitrogens with zero attached hydrogens (tertiary/aromatic N) is 3. The molecule has 1 aromatic heterocycles. The lowest BCUT2D eigenvalue weighted by molar-refractivity contribution is -0.118. The minimum absolute atomic E-state index is 0.00486. The average molecular weight is 568 g/mol. The topological polar surface area (TPSA) is 166 Å². The summed E-state index contributed by atoms with van der Waals surface area (Å²) in [5.74, 6) is -0.190. The number of carbonyl (C=O) groups is 1. The van der Waals surface area contributed by atoms with Gasteiger partial charge in [-0.3, -0.25) is 14.2 Å². The van der Waals surface area contributed by atoms with E-state index in [1.54, 1.807) is 48.5 Å². The number of thioether (sulfide) groups is 1. The third kappa shape index (κ3) is 7.02. The third-order valence-electron chi connectivity index (χ3n) is 5.64. The first-order chi connectivity index (χ1) is 18.7. The predicted octanol–water partition coefficient (Wildman–Crippen LogP) is 2.24. The molecule has 1 heterocycles. The molecule has 202 valence electrons. The summed E-state index contributed by atoms with van der Waals surface area (Å²) in [4.78, 5) is 30.3. The summed E-state index contributed by atoms with van der Waals surface area (Å²) >= 11 is 1.10. The molecule has 0 aliphatic carbocycles. The van der Waals surface area contributed by atoms with Crippen LogP contribution in [0.15, 0.2) is 86.7 Å². The van der Waals surface area contributed by atoms with Crippen LogP contribution < -0.4 is 20.9 Å². The van der Waals surface area contributed by atoms with E-state index in [1.165, 1.54) is 36.1 Å². The maximum atomic E-state index is 13.3. The number of para-hydroxylation sites is 1. The van der Waals surface area contributed by atoms with Gasteiger partial charge in [0.25, 0.3) is 11.5 Å². The first-order valence-electron chi connectivity index (χ1n) is 11.6. The average Bonchev–Trinajstić information content (AvgIpc) is 2.92. The van der Waals surface area contributed by atoms with Gasteiger partial charge in [-0.2, -0.15) is 5.10 Å². The van der Waals surface area contributed by atoms with E-state index >= 15 is 0 Å². The van der Waals surface area contributed by atoms with Crippen LogP contribution in [0.25, 0.3) is 10.9 Å². The van der Waals surface area contributed by atoms with Gasteiger partial charge in [0, 0.05) is 6.54 Å². The number of nitrogens with two attached hydrogens (primary N) is 1. The number of nitrogens with one attached hydrogen (secondary N) is 1. The van der Waals surface area contributed by atoms with Crippen LogP contribution in [0.3, 0.4) is 0 Å². The van der Waals surface area contributed by atoms with Gasteiger partial charge < -0.3 is 9.84 Å². The highest BCUT2D eigenvalue weighted by molar-refractivity contribution is 7.99. The number of phenolic OH excluding ortho intramolecular Hbond substituents is 1. The number of hydrogen-bond donors (Lipinski definition) is 3. The van der Waals surface area contributed by atoms with Crippen molar-refractivity contribution in [2.75, 3.05) is 12.9 Å². The lowest BCUT2D eigenvalue weighted by atomic mass is 10.1. The molecule has 0 bridgehead atoms. The summed E-state index contributed by atoms with van der Waals surface area (Å²) in [5.41, 5.74) is 4.11. The van der Waals surface area contributed by atoms with E-state index in [4.69, 9.17) is 9.88 Å². The van der Waals surface area contributed by atoms with Crippen LogP contribution in [0.2, 0.25) is 0 Å². The minimum atomic E-state index is -3.80. The molecule has 0 aliphatic rings. The Kier molecular flexibility index (Phi) is 8.64. The number of carbonyl (C=O) groups excluding carboxylic acids is 1. The summed E-state index contributed by atoms with van der Waals surface area (Å²) in [6, 6.07) is 17.7. The number of aryl methyl sites for hydroxylation is 1. The molecule has 0 saturated carbocycles. The predicted molar refractivity (Wildman–Crippen MR) is 149 cm³/mol. The molecule has 0 atom stereocenters. The highest BCUT2D eigenvalue weighted by Gasteiger charge is 2.14. The molecule has 11 nitrogen and oxygen atoms in total. The second-order valence-corrected chi connectivity index (χ2v) is 10.8. The van der Waals surface area contributed by atoms with Gasteiger partial charge in [0.1, 0.15) is 0 Å². The molecule has 0 spiro atoms. The van der Waals surface area contributed by atoms with Crippen LogP contribution in [-0.4, -0.2) is 48.1 Å². The number of hydrogen-bond acceptors (Lipinski definition) is 9. The fourth-order valence-corrected chi connectivity index (χ4v) is 4.99. The van der Waals surface area contributed by atoms with Crippen molar-refractivity contribution >= 4 is 44.8 Å². The number of benzene rings is 3. The second-order valence-electron chi connectivity index (χ2n) is 8.32. The van der Waals surface area contributed by atoms with Gasteiger partial charge in [0.2, 0.25) is 10.0 Å². The standard InChI is InChI=1S/C26H25N5O6S2/c1-37-23-14-18(8-11-22(23)32)15-28-30-24(33)16-38-26-29-21-5-3-2-4-20(21)25(34)31(26)13-12-17-6-9-19(10-7-17)39(27,35)36/h2-11,14-15,32H,12-13,16H2,1H3,(H,30,33)(H2,27,35,36)/b28-15+. The van der Waals surface area contributed by atoms with Gasteiger partial charge >= 0.3 is 0 Å². The quantitative estimate of drug-likeness (QED) is 0.114. The number of ether oxygens (including phenoxy) is 1. The number of aromatic nitrogens is 2. The molecular weight excluding hydrogens is 542 g/mol. The number of fused-ring (bicyclic) bond motifs is 1. The summed E-state index contributed by atoms with van der Waals surface area (Å²) in [7, 11) is -2.37. The normalized spacial score (nSPS) is 11.6. The van der Waals surface area contributed by atoms with Crippen LogP contribution >= 0.6 is 11.8 Å². The van der Waals surface area contributed by atoms with Gasteiger partial charge in [-0.05, 0) is 60.0 Å². The Morgan fingerprint density at radius 3 is 2.64 bits per heavy atom. The van der Waals surface area contributed by atoms with Crippen LogP contribution in [-0.2, 0) is 27.8 Å². The zero-order chi connectivity index (χ0) is 28.0. The van der Waals surface area contributed by atoms with Crippen molar-refractivity contribution in [2.24, 2.45) is 10.2 Å². The number of sulfonamides is 1. The molecule has 4 rings (SSSR count). The maximum absolute atomic E-state index is 13.3. The molecule has 0 unspecified atom stereocenters. The van der Waals surface area contributed by atoms with Crippen LogP contribution in [0.5, 0.6) is 11.5 Å². The Hall–Kier alpha value is -4.20. The number of aromatic hydroxyl groups is 1. The number of rotatable bonds is 10. The van der Waals surface area contributed by atoms with Crippen LogP contribution in [0.1, 0.15) is 11.1 Å². The molecule has 4 N–H and O–H groups in total. The van der Waals surface area contributed by atoms with E-state index in [-0.39, 0.29) is 34.3 Å².